The quantitative estimate of drug-likeness (QED) is 0.912. The van der Waals surface area contributed by atoms with Gasteiger partial charge in [-0.15, -0.1) is 11.3 Å². The largest absolute Gasteiger partial charge is 0.354 e. The summed E-state index contributed by atoms with van der Waals surface area (Å²) >= 11 is 1.80. The Kier molecular flexibility index (Phi) is 3.82. The van der Waals surface area contributed by atoms with E-state index in [0.717, 1.165) is 17.8 Å². The molecule has 0 bridgehead atoms. The summed E-state index contributed by atoms with van der Waals surface area (Å²) in [6.07, 6.45) is 7.84. The number of aromatic nitrogens is 3. The molecule has 20 heavy (non-hydrogen) atoms. The number of carbonyl (C=O) groups excluding carboxylic acids is 1. The predicted octanol–water partition coefficient (Wildman–Crippen LogP) is 1.75. The van der Waals surface area contributed by atoms with Crippen molar-refractivity contribution in [2.75, 3.05) is 6.54 Å². The van der Waals surface area contributed by atoms with Crippen LogP contribution in [0.1, 0.15) is 35.0 Å². The Labute approximate surface area is 122 Å². The summed E-state index contributed by atoms with van der Waals surface area (Å²) in [7, 11) is 0. The number of hydrogen-bond acceptors (Lipinski definition) is 4. The lowest BCUT2D eigenvalue weighted by Gasteiger charge is -2.12. The molecular weight excluding hydrogens is 272 g/mol. The Morgan fingerprint density at radius 3 is 3.20 bits per heavy atom. The van der Waals surface area contributed by atoms with Gasteiger partial charge in [-0.1, -0.05) is 0 Å². The summed E-state index contributed by atoms with van der Waals surface area (Å²) in [5, 5.41) is 8.17. The fourth-order valence-corrected chi connectivity index (χ4v) is 3.58. The number of rotatable bonds is 5. The molecule has 1 atom stereocenters. The van der Waals surface area contributed by atoms with Gasteiger partial charge in [0, 0.05) is 30.2 Å². The van der Waals surface area contributed by atoms with Crippen LogP contribution in [0, 0.1) is 0 Å². The zero-order valence-corrected chi connectivity index (χ0v) is 12.3. The Hall–Kier alpha value is -1.69. The molecule has 2 aromatic rings. The Morgan fingerprint density at radius 1 is 1.55 bits per heavy atom. The highest BCUT2D eigenvalue weighted by atomic mass is 32.1. The smallest absolute Gasteiger partial charge is 0.244 e. The number of carbonyl (C=O) groups is 1. The number of aryl methyl sites for hydroxylation is 2. The SMILES string of the molecule is C[C@H](C(=O)NCCc1nc2c(s1)CCC2)n1cccn1. The molecule has 0 spiro atoms. The molecule has 1 N–H and O–H groups in total. The fraction of sp³-hybridized carbons (Fsp3) is 0.500. The third-order valence-corrected chi connectivity index (χ3v) is 4.80. The summed E-state index contributed by atoms with van der Waals surface area (Å²) in [6, 6.07) is 1.55. The molecule has 2 aromatic heterocycles. The summed E-state index contributed by atoms with van der Waals surface area (Å²) in [5.41, 5.74) is 1.28. The van der Waals surface area contributed by atoms with Gasteiger partial charge in [-0.2, -0.15) is 5.10 Å². The van der Waals surface area contributed by atoms with Gasteiger partial charge < -0.3 is 5.32 Å². The minimum atomic E-state index is -0.272. The average Bonchev–Trinajstić information content (AvgIpc) is 3.13. The summed E-state index contributed by atoms with van der Waals surface area (Å²) in [6.45, 7) is 2.48. The molecular formula is C14H18N4OS. The number of nitrogens with zero attached hydrogens (tertiary/aromatic N) is 3. The van der Waals surface area contributed by atoms with Crippen molar-refractivity contribution in [3.63, 3.8) is 0 Å². The van der Waals surface area contributed by atoms with E-state index >= 15 is 0 Å². The van der Waals surface area contributed by atoms with Crippen LogP contribution >= 0.6 is 11.3 Å². The van der Waals surface area contributed by atoms with Crippen molar-refractivity contribution in [1.29, 1.82) is 0 Å². The number of thiazole rings is 1. The first kappa shape index (κ1) is 13.3. The lowest BCUT2D eigenvalue weighted by molar-refractivity contribution is -0.124. The van der Waals surface area contributed by atoms with Crippen molar-refractivity contribution in [1.82, 2.24) is 20.1 Å². The molecule has 0 radical (unpaired) electrons. The maximum atomic E-state index is 12.0. The van der Waals surface area contributed by atoms with Gasteiger partial charge in [0.25, 0.3) is 0 Å². The van der Waals surface area contributed by atoms with Crippen LogP contribution in [0.25, 0.3) is 0 Å². The highest BCUT2D eigenvalue weighted by Crippen LogP contribution is 2.27. The number of nitrogens with one attached hydrogen (secondary N) is 1. The van der Waals surface area contributed by atoms with Gasteiger partial charge in [0.15, 0.2) is 0 Å². The van der Waals surface area contributed by atoms with Crippen molar-refractivity contribution >= 4 is 17.2 Å². The first-order valence-electron chi connectivity index (χ1n) is 6.98. The van der Waals surface area contributed by atoms with Crippen LogP contribution in [0.3, 0.4) is 0 Å². The highest BCUT2D eigenvalue weighted by Gasteiger charge is 2.17. The highest BCUT2D eigenvalue weighted by molar-refractivity contribution is 7.11. The van der Waals surface area contributed by atoms with E-state index in [1.807, 2.05) is 13.0 Å². The van der Waals surface area contributed by atoms with Gasteiger partial charge in [0.1, 0.15) is 6.04 Å². The minimum Gasteiger partial charge on any atom is -0.354 e. The van der Waals surface area contributed by atoms with E-state index in [1.54, 1.807) is 28.4 Å². The monoisotopic (exact) mass is 290 g/mol. The number of fused-ring (bicyclic) bond motifs is 1. The zero-order chi connectivity index (χ0) is 13.9. The summed E-state index contributed by atoms with van der Waals surface area (Å²) in [5.74, 6) is -0.00204. The predicted molar refractivity (Wildman–Crippen MR) is 77.8 cm³/mol. The summed E-state index contributed by atoms with van der Waals surface area (Å²) < 4.78 is 1.66. The average molecular weight is 290 g/mol. The van der Waals surface area contributed by atoms with Crippen LogP contribution < -0.4 is 5.32 Å². The Balaban J connectivity index is 1.48. The molecule has 106 valence electrons. The molecule has 1 aliphatic rings. The van der Waals surface area contributed by atoms with Crippen LogP contribution in [-0.4, -0.2) is 27.2 Å². The van der Waals surface area contributed by atoms with E-state index in [2.05, 4.69) is 15.4 Å². The molecule has 0 aromatic carbocycles. The molecule has 1 aliphatic carbocycles. The minimum absolute atomic E-state index is 0.00204. The second-order valence-corrected chi connectivity index (χ2v) is 6.20. The third-order valence-electron chi connectivity index (χ3n) is 3.58. The molecule has 0 saturated heterocycles. The lowest BCUT2D eigenvalue weighted by Crippen LogP contribution is -2.32. The van der Waals surface area contributed by atoms with Gasteiger partial charge >= 0.3 is 0 Å². The molecule has 6 heteroatoms. The van der Waals surface area contributed by atoms with Crippen molar-refractivity contribution in [2.24, 2.45) is 0 Å². The maximum Gasteiger partial charge on any atom is 0.244 e. The molecule has 0 saturated carbocycles. The van der Waals surface area contributed by atoms with E-state index < -0.39 is 0 Å². The van der Waals surface area contributed by atoms with E-state index in [4.69, 9.17) is 0 Å². The lowest BCUT2D eigenvalue weighted by atomic mass is 10.3. The van der Waals surface area contributed by atoms with E-state index in [1.165, 1.54) is 23.4 Å². The topological polar surface area (TPSA) is 59.8 Å². The van der Waals surface area contributed by atoms with Crippen LogP contribution in [0.15, 0.2) is 18.5 Å². The first-order chi connectivity index (χ1) is 9.74. The Bertz CT molecular complexity index is 569. The van der Waals surface area contributed by atoms with E-state index in [0.29, 0.717) is 6.54 Å². The van der Waals surface area contributed by atoms with Crippen LogP contribution in [0.5, 0.6) is 0 Å². The molecule has 5 nitrogen and oxygen atoms in total. The normalized spacial score (nSPS) is 15.1. The second kappa shape index (κ2) is 5.75. The van der Waals surface area contributed by atoms with Crippen LogP contribution in [-0.2, 0) is 24.1 Å². The number of amides is 1. The van der Waals surface area contributed by atoms with Gasteiger partial charge in [-0.3, -0.25) is 9.48 Å². The van der Waals surface area contributed by atoms with Crippen molar-refractivity contribution in [3.8, 4) is 0 Å². The third kappa shape index (κ3) is 2.75. The Morgan fingerprint density at radius 2 is 2.45 bits per heavy atom. The zero-order valence-electron chi connectivity index (χ0n) is 11.5. The molecule has 0 aliphatic heterocycles. The molecule has 3 rings (SSSR count). The fourth-order valence-electron chi connectivity index (χ4n) is 2.42. The number of hydrogen-bond donors (Lipinski definition) is 1. The molecule has 1 amide bonds. The molecule has 2 heterocycles. The van der Waals surface area contributed by atoms with E-state index in [-0.39, 0.29) is 11.9 Å². The van der Waals surface area contributed by atoms with Crippen molar-refractivity contribution in [2.45, 2.75) is 38.6 Å². The first-order valence-corrected chi connectivity index (χ1v) is 7.80. The van der Waals surface area contributed by atoms with Crippen LogP contribution in [0.2, 0.25) is 0 Å². The van der Waals surface area contributed by atoms with Gasteiger partial charge in [-0.25, -0.2) is 4.98 Å². The second-order valence-electron chi connectivity index (χ2n) is 5.03. The van der Waals surface area contributed by atoms with E-state index in [9.17, 15) is 4.79 Å². The van der Waals surface area contributed by atoms with Crippen molar-refractivity contribution in [3.05, 3.63) is 34.0 Å². The van der Waals surface area contributed by atoms with Gasteiger partial charge in [-0.05, 0) is 32.3 Å². The standard InChI is InChI=1S/C14H18N4OS/c1-10(18-9-3-7-16-18)14(19)15-8-6-13-17-11-4-2-5-12(11)20-13/h3,7,9-10H,2,4-6,8H2,1H3,(H,15,19)/t10-/m1/s1. The molecule has 0 unspecified atom stereocenters. The van der Waals surface area contributed by atoms with Crippen molar-refractivity contribution < 1.29 is 4.79 Å². The van der Waals surface area contributed by atoms with Crippen LogP contribution in [0.4, 0.5) is 0 Å². The van der Waals surface area contributed by atoms with Gasteiger partial charge in [0.2, 0.25) is 5.91 Å². The summed E-state index contributed by atoms with van der Waals surface area (Å²) in [4.78, 5) is 18.1. The molecule has 0 fully saturated rings. The maximum absolute atomic E-state index is 12.0. The van der Waals surface area contributed by atoms with Gasteiger partial charge in [0.05, 0.1) is 10.7 Å².